The summed E-state index contributed by atoms with van der Waals surface area (Å²) in [7, 11) is 5.71. The van der Waals surface area contributed by atoms with E-state index in [1.165, 1.54) is 94.6 Å². The summed E-state index contributed by atoms with van der Waals surface area (Å²) in [6.45, 7) is 14.0. The van der Waals surface area contributed by atoms with Crippen LogP contribution in [0.15, 0.2) is 229 Å². The van der Waals surface area contributed by atoms with E-state index in [1.807, 2.05) is 68.4 Å². The number of esters is 1. The number of aliphatic hydroxyl groups is 1. The number of benzene rings is 9. The number of rotatable bonds is 21. The maximum absolute atomic E-state index is 13.1. The zero-order valence-electron chi connectivity index (χ0n) is 68.0. The predicted octanol–water partition coefficient (Wildman–Crippen LogP) is 19.9. The molecule has 4 amide bonds. The molecule has 6 aromatic heterocycles. The van der Waals surface area contributed by atoms with Crippen LogP contribution in [0.1, 0.15) is 93.8 Å². The first-order chi connectivity index (χ1) is 61.4. The summed E-state index contributed by atoms with van der Waals surface area (Å²) < 4.78 is 29.6. The molecule has 34 nitrogen and oxygen atoms in total. The van der Waals surface area contributed by atoms with Crippen LogP contribution in [0.2, 0.25) is 5.02 Å². The Balaban J connectivity index is 0.000000145. The fourth-order valence-corrected chi connectivity index (χ4v) is 15.7. The minimum absolute atomic E-state index is 0.000931. The Morgan fingerprint density at radius 1 is 0.606 bits per heavy atom. The molecule has 9 aromatic carbocycles. The number of fused-ring (bicyclic) bond motifs is 4. The lowest BCUT2D eigenvalue weighted by atomic mass is 9.96. The summed E-state index contributed by atoms with van der Waals surface area (Å²) in [6, 6.07) is 45.4. The maximum Gasteiger partial charge on any atom is 0.350 e. The molecule has 1 aliphatic heterocycles. The van der Waals surface area contributed by atoms with E-state index in [0.717, 1.165) is 61.4 Å². The number of phenols is 3. The number of thiophene rings is 1. The van der Waals surface area contributed by atoms with Gasteiger partial charge in [0.15, 0.2) is 44.6 Å². The topological polar surface area (TPSA) is 471 Å². The summed E-state index contributed by atoms with van der Waals surface area (Å²) in [4.78, 5) is 101. The van der Waals surface area contributed by atoms with Gasteiger partial charge in [0.05, 0.1) is 91.4 Å². The number of nitrogens with zero attached hydrogens (tertiary/aromatic N) is 16. The number of morpholine rings is 1. The van der Waals surface area contributed by atoms with Crippen molar-refractivity contribution in [2.24, 2.45) is 46.6 Å². The van der Waals surface area contributed by atoms with E-state index in [1.54, 1.807) is 90.1 Å². The van der Waals surface area contributed by atoms with Gasteiger partial charge in [0.2, 0.25) is 11.6 Å². The standard InChI is InChI=1S/C24H17N3O6S.C23H16ClN5O2S.C22H18N6O3S.C19H19N5O4S/c1-33-24(32)23-18(6-9-34-23)26-27-20-16-3-2-14(19(29)12-28)10-15(16)11-17(22(20)31)21(30)13-4-7-25-8-5-13;1-13-19(25-2)23(32-29-13)28-27-20-17-7-5-4-6-14(17)12-18(21(20)31-3)22(30)26-16-10-8-15(24)9-11-16;1-11-17(16-5-3-4-8-25-16)22(32-28-11)27-26-18-14-7-6-12(20(23)30)9-13(14)10-15(19(18)29)21(31)24-2;1-11-20-22-19(29-11)23-21-16-15-12(4-3-5-14(15)27-2)10-13(17(16)25)18(26)24-6-8-28-9-7-24/h2-11,28,31H,12H2,1H3;4-12H,1,3H3,(H,26,30);3-10,29H,1-2H3,(H2,23,30)(H,24,31);3-5,10,25H,6-9H2,1-2H3. The monoisotopic (exact) mass is 1800 g/mol. The third-order valence-electron chi connectivity index (χ3n) is 19.1. The number of carbonyl (C=O) groups excluding carboxylic acids is 7. The van der Waals surface area contributed by atoms with Gasteiger partial charge in [-0.1, -0.05) is 83.6 Å². The van der Waals surface area contributed by atoms with Crippen LogP contribution >= 0.6 is 57.3 Å². The van der Waals surface area contributed by atoms with Crippen molar-refractivity contribution in [1.29, 1.82) is 0 Å². The molecule has 1 saturated heterocycles. The molecule has 0 unspecified atom stereocenters. The van der Waals surface area contributed by atoms with Gasteiger partial charge in [-0.15, -0.1) is 62.4 Å². The van der Waals surface area contributed by atoms with Gasteiger partial charge in [0, 0.05) is 82.3 Å². The number of amides is 4. The highest BCUT2D eigenvalue weighted by Crippen LogP contribution is 2.48. The fourth-order valence-electron chi connectivity index (χ4n) is 12.9. The molecular formula is C88H70ClN19O15S4. The molecule has 8 N–H and O–H groups in total. The summed E-state index contributed by atoms with van der Waals surface area (Å²) >= 11 is 10.6. The molecule has 638 valence electrons. The molecule has 0 bridgehead atoms. The Morgan fingerprint density at radius 3 is 1.90 bits per heavy atom. The van der Waals surface area contributed by atoms with Crippen LogP contribution in [0.25, 0.3) is 59.2 Å². The normalized spacial score (nSPS) is 11.9. The highest BCUT2D eigenvalue weighted by molar-refractivity contribution is 7.14. The van der Waals surface area contributed by atoms with Gasteiger partial charge in [0.25, 0.3) is 22.9 Å². The molecule has 0 spiro atoms. The summed E-state index contributed by atoms with van der Waals surface area (Å²) in [6.07, 6.45) is 4.58. The summed E-state index contributed by atoms with van der Waals surface area (Å²) in [5.74, 6) is -3.49. The number of carbonyl (C=O) groups is 7. The van der Waals surface area contributed by atoms with E-state index in [4.69, 9.17) is 42.9 Å². The van der Waals surface area contributed by atoms with E-state index in [9.17, 15) is 54.0 Å². The quantitative estimate of drug-likeness (QED) is 0.0152. The van der Waals surface area contributed by atoms with Crippen molar-refractivity contribution >= 4 is 197 Å². The Morgan fingerprint density at radius 2 is 1.23 bits per heavy atom. The molecule has 0 radical (unpaired) electrons. The third kappa shape index (κ3) is 20.1. The SMILES string of the molecule is CNC(=O)c1cc2cc(C(N)=O)ccc2c(N=Nc2snc(C)c2-c2ccccn2)c1O.COC(=O)c1sccc1N=Nc1c(O)c(C(=O)c2ccncc2)cc2cc(C(=O)CO)ccc12.COc1cccc2cc(C(=O)N3CCOCC3)c(O)c(N=Nc3nnc(C)s3)c12.[C-]#[N+]c1c(C)nsc1N=Nc1c(OC)c(C(=O)Nc2ccc(Cl)cc2)cc2ccccc12. The Bertz CT molecular complexity index is 6950. The van der Waals surface area contributed by atoms with Crippen molar-refractivity contribution in [2.45, 2.75) is 20.8 Å². The van der Waals surface area contributed by atoms with Gasteiger partial charge in [-0.05, 0) is 174 Å². The zero-order valence-corrected chi connectivity index (χ0v) is 72.0. The van der Waals surface area contributed by atoms with Crippen LogP contribution in [0.3, 0.4) is 0 Å². The molecule has 0 atom stereocenters. The second kappa shape index (κ2) is 40.8. The Hall–Kier alpha value is -15.4. The smallest absolute Gasteiger partial charge is 0.350 e. The number of primary amides is 1. The van der Waals surface area contributed by atoms with Crippen molar-refractivity contribution in [2.75, 3.05) is 66.6 Å². The number of halogens is 1. The number of methoxy groups -OCH3 is 3. The highest BCUT2D eigenvalue weighted by atomic mass is 35.5. The van der Waals surface area contributed by atoms with Crippen molar-refractivity contribution in [1.82, 2.24) is 39.1 Å². The second-order valence-electron chi connectivity index (χ2n) is 27.0. The lowest BCUT2D eigenvalue weighted by molar-refractivity contribution is 0.0301. The number of anilines is 1. The lowest BCUT2D eigenvalue weighted by Gasteiger charge is -2.27. The number of aryl methyl sites for hydroxylation is 3. The van der Waals surface area contributed by atoms with E-state index in [2.05, 4.69) is 85.3 Å². The number of ketones is 2. The number of pyridine rings is 2. The van der Waals surface area contributed by atoms with E-state index in [-0.39, 0.29) is 84.5 Å². The molecular weight excluding hydrogens is 1730 g/mol. The summed E-state index contributed by atoms with van der Waals surface area (Å²) in [5.41, 5.74) is 11.2. The number of nitrogens with one attached hydrogen (secondary N) is 2. The largest absolute Gasteiger partial charge is 0.505 e. The van der Waals surface area contributed by atoms with E-state index in [0.29, 0.717) is 124 Å². The number of azo groups is 4. The van der Waals surface area contributed by atoms with Crippen molar-refractivity contribution in [3.05, 3.63) is 264 Å². The molecule has 16 rings (SSSR count). The Kier molecular flexibility index (Phi) is 28.7. The average molecular weight is 1800 g/mol. The predicted molar refractivity (Wildman–Crippen MR) is 481 cm³/mol. The van der Waals surface area contributed by atoms with E-state index >= 15 is 0 Å². The van der Waals surface area contributed by atoms with Gasteiger partial charge in [0.1, 0.15) is 50.7 Å². The first-order valence-corrected chi connectivity index (χ1v) is 41.5. The van der Waals surface area contributed by atoms with E-state index < -0.39 is 41.7 Å². The number of aliphatic hydroxyl groups excluding tert-OH is 1. The van der Waals surface area contributed by atoms with Gasteiger partial charge in [-0.25, -0.2) is 14.0 Å². The minimum Gasteiger partial charge on any atom is -0.505 e. The molecule has 1 fully saturated rings. The molecule has 0 aliphatic carbocycles. The molecule has 15 aromatic rings. The van der Waals surface area contributed by atoms with Gasteiger partial charge < -0.3 is 60.6 Å². The maximum atomic E-state index is 13.1. The highest BCUT2D eigenvalue weighted by Gasteiger charge is 2.29. The number of ether oxygens (including phenoxy) is 4. The first-order valence-electron chi connectivity index (χ1n) is 37.9. The minimum atomic E-state index is -0.673. The first kappa shape index (κ1) is 89.4. The number of aromatic hydroxyl groups is 3. The van der Waals surface area contributed by atoms with Crippen molar-refractivity contribution in [3.63, 3.8) is 0 Å². The van der Waals surface area contributed by atoms with Crippen LogP contribution in [0.4, 0.5) is 54.9 Å². The fraction of sp³-hybridized carbons (Fsp3) is 0.136. The van der Waals surface area contributed by atoms with Gasteiger partial charge >= 0.3 is 5.97 Å². The second-order valence-corrected chi connectivity index (χ2v) is 31.0. The average Bonchev–Trinajstić information content (AvgIpc) is 0.849. The van der Waals surface area contributed by atoms with Crippen molar-refractivity contribution in [3.8, 4) is 40.0 Å². The molecule has 1 aliphatic rings. The molecule has 0 saturated carbocycles. The Labute approximate surface area is 742 Å². The number of aromatic nitrogens is 6. The number of Topliss-reactive ketones (excluding diaryl/α,β-unsaturated/α-hetero) is 1. The van der Waals surface area contributed by atoms with Crippen molar-refractivity contribution < 1.29 is 72.9 Å². The number of nitrogens with two attached hydrogens (primary N) is 1. The molecule has 7 heterocycles. The van der Waals surface area contributed by atoms with Gasteiger partial charge in [-0.2, -0.15) is 4.37 Å². The van der Waals surface area contributed by atoms with Crippen LogP contribution in [0, 0.1) is 27.3 Å². The van der Waals surface area contributed by atoms with Crippen LogP contribution < -0.4 is 25.8 Å². The number of phenolic OH excluding ortho intramolecular Hbond substituents is 3. The zero-order chi connectivity index (χ0) is 90.1. The van der Waals surface area contributed by atoms with Crippen LogP contribution in [-0.2, 0) is 9.47 Å². The summed E-state index contributed by atoms with van der Waals surface area (Å²) in [5, 5.41) is 98.0. The van der Waals surface area contributed by atoms with Crippen LogP contribution in [0.5, 0.6) is 28.7 Å². The van der Waals surface area contributed by atoms with Crippen LogP contribution in [-0.4, -0.2) is 157 Å². The molecule has 39 heteroatoms. The number of hydrogen-bond donors (Lipinski definition) is 7. The lowest BCUT2D eigenvalue weighted by Crippen LogP contribution is -2.40. The molecule has 127 heavy (non-hydrogen) atoms. The van der Waals surface area contributed by atoms with Gasteiger partial charge in [-0.3, -0.25) is 38.7 Å². The third-order valence-corrected chi connectivity index (χ3v) is 22.6. The number of hydrogen-bond acceptors (Lipinski definition) is 33.